The highest BCUT2D eigenvalue weighted by molar-refractivity contribution is 7.18. The van der Waals surface area contributed by atoms with E-state index in [1.807, 2.05) is 30.3 Å². The van der Waals surface area contributed by atoms with Crippen LogP contribution >= 0.6 is 22.7 Å². The van der Waals surface area contributed by atoms with Gasteiger partial charge in [-0.2, -0.15) is 0 Å². The zero-order valence-electron chi connectivity index (χ0n) is 12.5. The van der Waals surface area contributed by atoms with Crippen LogP contribution in [0, 0.1) is 0 Å². The number of carbonyl (C=O) groups is 1. The molecule has 0 aliphatic rings. The highest BCUT2D eigenvalue weighted by Gasteiger charge is 2.20. The Kier molecular flexibility index (Phi) is 5.19. The Morgan fingerprint density at radius 2 is 2.19 bits per heavy atom. The lowest BCUT2D eigenvalue weighted by atomic mass is 10.3. The summed E-state index contributed by atoms with van der Waals surface area (Å²) in [5, 5.41) is 2.83. The Hall–Kier alpha value is -1.60. The van der Waals surface area contributed by atoms with Crippen LogP contribution in [0.2, 0.25) is 0 Å². The first-order valence-corrected chi connectivity index (χ1v) is 8.47. The molecule has 0 unspecified atom stereocenters. The van der Waals surface area contributed by atoms with E-state index in [4.69, 9.17) is 5.73 Å². The van der Waals surface area contributed by atoms with Crippen molar-refractivity contribution in [3.63, 3.8) is 0 Å². The quantitative estimate of drug-likeness (QED) is 0.887. The molecule has 0 fully saturated rings. The molecule has 21 heavy (non-hydrogen) atoms. The third-order valence-corrected chi connectivity index (χ3v) is 5.37. The second kappa shape index (κ2) is 6.91. The topological polar surface area (TPSA) is 62.5 Å². The predicted octanol–water partition coefficient (Wildman–Crippen LogP) is 2.56. The number of anilines is 2. The van der Waals surface area contributed by atoms with Gasteiger partial charge >= 0.3 is 0 Å². The molecule has 0 aliphatic carbocycles. The van der Waals surface area contributed by atoms with Gasteiger partial charge in [0, 0.05) is 32.1 Å². The van der Waals surface area contributed by atoms with Crippen molar-refractivity contribution in [3.05, 3.63) is 27.3 Å². The molecule has 7 heteroatoms. The van der Waals surface area contributed by atoms with Gasteiger partial charge in [0.2, 0.25) is 0 Å². The maximum absolute atomic E-state index is 12.5. The number of nitrogens with zero attached hydrogens (tertiary/aromatic N) is 3. The first kappa shape index (κ1) is 15.8. The molecule has 0 radical (unpaired) electrons. The Morgan fingerprint density at radius 3 is 2.81 bits per heavy atom. The van der Waals surface area contributed by atoms with Crippen LogP contribution in [0.15, 0.2) is 17.5 Å². The lowest BCUT2D eigenvalue weighted by Crippen LogP contribution is -2.28. The van der Waals surface area contributed by atoms with E-state index >= 15 is 0 Å². The molecule has 0 aliphatic heterocycles. The fraction of sp³-hybridized carbons (Fsp3) is 0.429. The number of likely N-dealkylation sites (N-methyl/N-ethyl adjacent to an activating group) is 1. The van der Waals surface area contributed by atoms with Gasteiger partial charge in [-0.3, -0.25) is 4.79 Å². The molecule has 2 rings (SSSR count). The van der Waals surface area contributed by atoms with Crippen LogP contribution in [0.25, 0.3) is 0 Å². The van der Waals surface area contributed by atoms with E-state index in [0.29, 0.717) is 17.2 Å². The second-order valence-corrected chi connectivity index (χ2v) is 6.79. The summed E-state index contributed by atoms with van der Waals surface area (Å²) in [7, 11) is 3.74. The van der Waals surface area contributed by atoms with Gasteiger partial charge in [0.05, 0.1) is 0 Å². The molecule has 5 nitrogen and oxygen atoms in total. The summed E-state index contributed by atoms with van der Waals surface area (Å²) < 4.78 is 0. The van der Waals surface area contributed by atoms with Gasteiger partial charge in [-0.05, 0) is 24.8 Å². The monoisotopic (exact) mass is 324 g/mol. The molecule has 2 aromatic heterocycles. The van der Waals surface area contributed by atoms with Crippen molar-refractivity contribution in [2.75, 3.05) is 37.8 Å². The molecule has 2 N–H and O–H groups in total. The number of thiophene rings is 1. The van der Waals surface area contributed by atoms with E-state index < -0.39 is 0 Å². The van der Waals surface area contributed by atoms with E-state index in [0.717, 1.165) is 18.1 Å². The number of carbonyl (C=O) groups excluding carboxylic acids is 1. The summed E-state index contributed by atoms with van der Waals surface area (Å²) in [6.45, 7) is 3.54. The number of nitrogen functional groups attached to an aromatic ring is 1. The molecule has 0 saturated carbocycles. The molecule has 114 valence electrons. The first-order chi connectivity index (χ1) is 10.0. The van der Waals surface area contributed by atoms with Crippen LogP contribution in [0.4, 0.5) is 10.9 Å². The Balaban J connectivity index is 2.03. The molecule has 0 spiro atoms. The van der Waals surface area contributed by atoms with Gasteiger partial charge < -0.3 is 15.5 Å². The molecule has 2 aromatic rings. The van der Waals surface area contributed by atoms with Crippen molar-refractivity contribution in [1.82, 2.24) is 9.88 Å². The third-order valence-electron chi connectivity index (χ3n) is 3.26. The summed E-state index contributed by atoms with van der Waals surface area (Å²) in [5.74, 6) is 0.264. The number of hydrogen-bond acceptors (Lipinski definition) is 6. The summed E-state index contributed by atoms with van der Waals surface area (Å²) in [6.07, 6.45) is 0.861. The van der Waals surface area contributed by atoms with Crippen molar-refractivity contribution in [2.24, 2.45) is 0 Å². The maximum atomic E-state index is 12.5. The number of rotatable bonds is 6. The highest BCUT2D eigenvalue weighted by Crippen LogP contribution is 2.28. The minimum absolute atomic E-state index is 0.0580. The zero-order chi connectivity index (χ0) is 15.4. The molecule has 1 amide bonds. The summed E-state index contributed by atoms with van der Waals surface area (Å²) >= 11 is 3.06. The summed E-state index contributed by atoms with van der Waals surface area (Å²) in [5.41, 5.74) is 5.89. The van der Waals surface area contributed by atoms with Gasteiger partial charge in [0.15, 0.2) is 5.13 Å². The molecule has 0 atom stereocenters. The average Bonchev–Trinajstić information content (AvgIpc) is 3.12. The van der Waals surface area contributed by atoms with Crippen LogP contribution < -0.4 is 10.6 Å². The normalized spacial score (nSPS) is 10.6. The minimum atomic E-state index is -0.0580. The fourth-order valence-electron chi connectivity index (χ4n) is 1.78. The van der Waals surface area contributed by atoms with E-state index in [-0.39, 0.29) is 5.91 Å². The van der Waals surface area contributed by atoms with Crippen molar-refractivity contribution < 1.29 is 4.79 Å². The maximum Gasteiger partial charge on any atom is 0.267 e. The third kappa shape index (κ3) is 3.74. The van der Waals surface area contributed by atoms with Crippen molar-refractivity contribution in [1.29, 1.82) is 0 Å². The van der Waals surface area contributed by atoms with E-state index in [9.17, 15) is 4.79 Å². The van der Waals surface area contributed by atoms with Crippen LogP contribution in [0.3, 0.4) is 0 Å². The van der Waals surface area contributed by atoms with Gasteiger partial charge in [0.25, 0.3) is 5.91 Å². The van der Waals surface area contributed by atoms with Crippen molar-refractivity contribution >= 4 is 39.5 Å². The van der Waals surface area contributed by atoms with E-state index in [2.05, 4.69) is 11.1 Å². The van der Waals surface area contributed by atoms with Crippen LogP contribution in [-0.4, -0.2) is 43.0 Å². The SMILES string of the molecule is CCN(C)c1nc(N)c(C(=O)N(C)CCc2cccs2)s1. The smallest absolute Gasteiger partial charge is 0.267 e. The van der Waals surface area contributed by atoms with Crippen LogP contribution in [-0.2, 0) is 6.42 Å². The van der Waals surface area contributed by atoms with Crippen molar-refractivity contribution in [2.45, 2.75) is 13.3 Å². The predicted molar refractivity (Wildman–Crippen MR) is 90.5 cm³/mol. The Bertz CT molecular complexity index is 594. The largest absolute Gasteiger partial charge is 0.382 e. The van der Waals surface area contributed by atoms with Gasteiger partial charge in [0.1, 0.15) is 10.7 Å². The number of thiazole rings is 1. The number of amides is 1. The Morgan fingerprint density at radius 1 is 1.43 bits per heavy atom. The fourth-order valence-corrected chi connectivity index (χ4v) is 3.48. The molecular formula is C14H20N4OS2. The van der Waals surface area contributed by atoms with E-state index in [1.54, 1.807) is 23.3 Å². The first-order valence-electron chi connectivity index (χ1n) is 6.78. The molecule has 0 bridgehead atoms. The molecular weight excluding hydrogens is 304 g/mol. The number of nitrogens with two attached hydrogens (primary N) is 1. The number of aromatic nitrogens is 1. The van der Waals surface area contributed by atoms with E-state index in [1.165, 1.54) is 16.2 Å². The average molecular weight is 324 g/mol. The minimum Gasteiger partial charge on any atom is -0.382 e. The van der Waals surface area contributed by atoms with Gasteiger partial charge in [-0.15, -0.1) is 11.3 Å². The zero-order valence-corrected chi connectivity index (χ0v) is 14.1. The summed E-state index contributed by atoms with van der Waals surface area (Å²) in [6, 6.07) is 4.11. The molecule has 0 saturated heterocycles. The van der Waals surface area contributed by atoms with Crippen LogP contribution in [0.1, 0.15) is 21.5 Å². The standard InChI is InChI=1S/C14H20N4OS2/c1-4-17(2)14-16-12(15)11(21-14)13(19)18(3)8-7-10-6-5-9-20-10/h5-6,9H,4,7-8,15H2,1-3H3. The van der Waals surface area contributed by atoms with Gasteiger partial charge in [-0.25, -0.2) is 4.98 Å². The lowest BCUT2D eigenvalue weighted by molar-refractivity contribution is 0.0802. The second-order valence-electron chi connectivity index (χ2n) is 4.78. The highest BCUT2D eigenvalue weighted by atomic mass is 32.1. The molecule has 0 aromatic carbocycles. The van der Waals surface area contributed by atoms with Crippen LogP contribution in [0.5, 0.6) is 0 Å². The molecule has 2 heterocycles. The number of hydrogen-bond donors (Lipinski definition) is 1. The lowest BCUT2D eigenvalue weighted by Gasteiger charge is -2.15. The van der Waals surface area contributed by atoms with Gasteiger partial charge in [-0.1, -0.05) is 17.4 Å². The Labute approximate surface area is 133 Å². The van der Waals surface area contributed by atoms with Crippen molar-refractivity contribution in [3.8, 4) is 0 Å². The summed E-state index contributed by atoms with van der Waals surface area (Å²) in [4.78, 5) is 22.2.